The van der Waals surface area contributed by atoms with Crippen molar-refractivity contribution in [1.82, 2.24) is 9.66 Å². The molecule has 0 saturated heterocycles. The van der Waals surface area contributed by atoms with Crippen LogP contribution < -0.4 is 25.2 Å². The Morgan fingerprint density at radius 3 is 2.90 bits per heavy atom. The zero-order valence-electron chi connectivity index (χ0n) is 14.8. The Morgan fingerprint density at radius 1 is 1.38 bits per heavy atom. The van der Waals surface area contributed by atoms with Crippen LogP contribution in [0, 0.1) is 11.7 Å². The van der Waals surface area contributed by atoms with Gasteiger partial charge < -0.3 is 24.3 Å². The molecule has 2 aromatic heterocycles. The van der Waals surface area contributed by atoms with Crippen LogP contribution in [0.5, 0.6) is 17.2 Å². The van der Waals surface area contributed by atoms with Gasteiger partial charge in [-0.25, -0.2) is 4.79 Å². The molecule has 0 aliphatic carbocycles. The molecule has 3 heterocycles. The van der Waals surface area contributed by atoms with Gasteiger partial charge in [0.2, 0.25) is 11.6 Å². The molecule has 3 aromatic rings. The van der Waals surface area contributed by atoms with Gasteiger partial charge in [-0.05, 0) is 36.8 Å². The maximum Gasteiger partial charge on any atom is 0.346 e. The van der Waals surface area contributed by atoms with Gasteiger partial charge in [0.25, 0.3) is 11.5 Å². The SMILES string of the molecule is Cc1c(C(=O)O)sc2[nH]c(=S)n(NC(=O)COc3ccc4c(c3)OCO4)c(=O)c12. The van der Waals surface area contributed by atoms with Gasteiger partial charge in [-0.1, -0.05) is 0 Å². The molecule has 0 atom stereocenters. The maximum atomic E-state index is 12.7. The third-order valence-corrected chi connectivity index (χ3v) is 5.61. The fourth-order valence-electron chi connectivity index (χ4n) is 2.79. The van der Waals surface area contributed by atoms with Crippen LogP contribution in [0.25, 0.3) is 10.2 Å². The van der Waals surface area contributed by atoms with Crippen molar-refractivity contribution in [2.45, 2.75) is 6.92 Å². The summed E-state index contributed by atoms with van der Waals surface area (Å²) in [5.41, 5.74) is 2.04. The van der Waals surface area contributed by atoms with Crippen molar-refractivity contribution >= 4 is 45.6 Å². The van der Waals surface area contributed by atoms with E-state index < -0.39 is 17.4 Å². The molecule has 12 heteroatoms. The molecule has 0 radical (unpaired) electrons. The number of aromatic amines is 1. The Bertz CT molecular complexity index is 1270. The Hall–Kier alpha value is -3.38. The smallest absolute Gasteiger partial charge is 0.346 e. The average molecular weight is 435 g/mol. The molecule has 0 spiro atoms. The van der Waals surface area contributed by atoms with Crippen LogP contribution >= 0.6 is 23.6 Å². The van der Waals surface area contributed by atoms with Crippen LogP contribution in [0.15, 0.2) is 23.0 Å². The first-order valence-corrected chi connectivity index (χ1v) is 9.41. The van der Waals surface area contributed by atoms with E-state index in [2.05, 4.69) is 10.4 Å². The molecule has 4 rings (SSSR count). The van der Waals surface area contributed by atoms with E-state index in [4.69, 9.17) is 26.4 Å². The molecule has 29 heavy (non-hydrogen) atoms. The number of rotatable bonds is 5. The number of nitrogens with zero attached hydrogens (tertiary/aromatic N) is 1. The number of thiophene rings is 1. The molecule has 3 N–H and O–H groups in total. The topological polar surface area (TPSA) is 132 Å². The summed E-state index contributed by atoms with van der Waals surface area (Å²) in [7, 11) is 0. The lowest BCUT2D eigenvalue weighted by atomic mass is 10.2. The van der Waals surface area contributed by atoms with E-state index in [0.29, 0.717) is 27.6 Å². The minimum Gasteiger partial charge on any atom is -0.484 e. The third kappa shape index (κ3) is 3.43. The van der Waals surface area contributed by atoms with Crippen molar-refractivity contribution < 1.29 is 28.9 Å². The molecule has 1 aromatic carbocycles. The summed E-state index contributed by atoms with van der Waals surface area (Å²) in [4.78, 5) is 39.4. The Kier molecular flexibility index (Phi) is 4.72. The molecule has 1 amide bonds. The monoisotopic (exact) mass is 435 g/mol. The number of carbonyl (C=O) groups is 2. The van der Waals surface area contributed by atoms with E-state index in [1.165, 1.54) is 6.92 Å². The number of H-pyrrole nitrogens is 1. The summed E-state index contributed by atoms with van der Waals surface area (Å²) in [6.45, 7) is 1.26. The largest absolute Gasteiger partial charge is 0.484 e. The van der Waals surface area contributed by atoms with Gasteiger partial charge in [0, 0.05) is 6.07 Å². The minimum absolute atomic E-state index is 0.0259. The number of aryl methyl sites for hydroxylation is 1. The van der Waals surface area contributed by atoms with Gasteiger partial charge in [0.1, 0.15) is 15.5 Å². The predicted octanol–water partition coefficient (Wildman–Crippen LogP) is 2.01. The molecule has 10 nitrogen and oxygen atoms in total. The first-order chi connectivity index (χ1) is 13.8. The summed E-state index contributed by atoms with van der Waals surface area (Å²) >= 11 is 6.03. The lowest BCUT2D eigenvalue weighted by Crippen LogP contribution is -2.36. The second-order valence-corrected chi connectivity index (χ2v) is 7.38. The Balaban J connectivity index is 1.55. The van der Waals surface area contributed by atoms with Crippen LogP contribution in [-0.2, 0) is 4.79 Å². The van der Waals surface area contributed by atoms with Gasteiger partial charge in [-0.3, -0.25) is 15.0 Å². The number of ether oxygens (including phenoxy) is 3. The second-order valence-electron chi connectivity index (χ2n) is 5.97. The summed E-state index contributed by atoms with van der Waals surface area (Å²) in [6.07, 6.45) is 0. The molecule has 150 valence electrons. The van der Waals surface area contributed by atoms with Gasteiger partial charge in [-0.2, -0.15) is 4.68 Å². The first-order valence-electron chi connectivity index (χ1n) is 8.19. The number of carboxylic acids is 1. The Labute approximate surface area is 171 Å². The van der Waals surface area contributed by atoms with Crippen LogP contribution in [0.4, 0.5) is 0 Å². The van der Waals surface area contributed by atoms with Crippen LogP contribution in [0.1, 0.15) is 15.2 Å². The average Bonchev–Trinajstić information content (AvgIpc) is 3.27. The van der Waals surface area contributed by atoms with E-state index in [0.717, 1.165) is 16.0 Å². The zero-order chi connectivity index (χ0) is 20.7. The number of amides is 1. The van der Waals surface area contributed by atoms with E-state index in [1.54, 1.807) is 18.2 Å². The molecular weight excluding hydrogens is 422 g/mol. The van der Waals surface area contributed by atoms with Crippen LogP contribution in [0.3, 0.4) is 0 Å². The summed E-state index contributed by atoms with van der Waals surface area (Å²) in [5.74, 6) is -0.295. The Morgan fingerprint density at radius 2 is 2.14 bits per heavy atom. The quantitative estimate of drug-likeness (QED) is 0.519. The number of hydrogen-bond donors (Lipinski definition) is 3. The second kappa shape index (κ2) is 7.22. The van der Waals surface area contributed by atoms with Crippen LogP contribution in [-0.4, -0.2) is 40.0 Å². The molecule has 0 saturated carbocycles. The number of carbonyl (C=O) groups excluding carboxylic acids is 1. The number of hydrogen-bond acceptors (Lipinski definition) is 8. The minimum atomic E-state index is -1.14. The standard InChI is InChI=1S/C17H13N3O7S2/c1-7-12-14(29-13(7)16(23)24)18-17(28)20(15(12)22)19-11(21)5-25-8-2-3-9-10(4-8)27-6-26-9/h2-4H,5-6H2,1H3,(H,18,28)(H,19,21)(H,23,24). The lowest BCUT2D eigenvalue weighted by Gasteiger charge is -2.10. The zero-order valence-corrected chi connectivity index (χ0v) is 16.4. The van der Waals surface area contributed by atoms with Crippen molar-refractivity contribution in [3.8, 4) is 17.2 Å². The highest BCUT2D eigenvalue weighted by Crippen LogP contribution is 2.35. The van der Waals surface area contributed by atoms with E-state index in [1.807, 2.05) is 0 Å². The molecule has 0 unspecified atom stereocenters. The highest BCUT2D eigenvalue weighted by Gasteiger charge is 2.20. The highest BCUT2D eigenvalue weighted by atomic mass is 32.1. The molecule has 1 aliphatic rings. The molecule has 0 bridgehead atoms. The molecular formula is C17H13N3O7S2. The number of nitrogens with one attached hydrogen (secondary N) is 2. The molecule has 0 fully saturated rings. The first kappa shape index (κ1) is 19.0. The molecule has 1 aliphatic heterocycles. The van der Waals surface area contributed by atoms with Gasteiger partial charge in [-0.15, -0.1) is 11.3 Å². The van der Waals surface area contributed by atoms with Crippen molar-refractivity contribution in [2.75, 3.05) is 18.8 Å². The predicted molar refractivity (Wildman–Crippen MR) is 105 cm³/mol. The van der Waals surface area contributed by atoms with E-state index in [9.17, 15) is 19.5 Å². The highest BCUT2D eigenvalue weighted by molar-refractivity contribution is 7.71. The number of aromatic carboxylic acids is 1. The van der Waals surface area contributed by atoms with Gasteiger partial charge in [0.15, 0.2) is 18.1 Å². The number of benzene rings is 1. The number of fused-ring (bicyclic) bond motifs is 2. The lowest BCUT2D eigenvalue weighted by molar-refractivity contribution is -0.119. The number of aromatic nitrogens is 2. The van der Waals surface area contributed by atoms with E-state index >= 15 is 0 Å². The fourth-order valence-corrected chi connectivity index (χ4v) is 4.13. The third-order valence-electron chi connectivity index (χ3n) is 4.13. The van der Waals surface area contributed by atoms with Crippen molar-refractivity contribution in [3.63, 3.8) is 0 Å². The van der Waals surface area contributed by atoms with Crippen LogP contribution in [0.2, 0.25) is 0 Å². The van der Waals surface area contributed by atoms with Crippen molar-refractivity contribution in [1.29, 1.82) is 0 Å². The maximum absolute atomic E-state index is 12.7. The number of carboxylic acid groups (broad SMARTS) is 1. The van der Waals surface area contributed by atoms with E-state index in [-0.39, 0.29) is 28.4 Å². The normalized spacial score (nSPS) is 12.2. The fraction of sp³-hybridized carbons (Fsp3) is 0.176. The van der Waals surface area contributed by atoms with Gasteiger partial charge in [0.05, 0.1) is 5.39 Å². The van der Waals surface area contributed by atoms with Gasteiger partial charge >= 0.3 is 5.97 Å². The summed E-state index contributed by atoms with van der Waals surface area (Å²) in [6, 6.07) is 4.86. The summed E-state index contributed by atoms with van der Waals surface area (Å²) in [5, 5.41) is 9.39. The van der Waals surface area contributed by atoms with Crippen molar-refractivity contribution in [2.24, 2.45) is 0 Å². The van der Waals surface area contributed by atoms with Crippen molar-refractivity contribution in [3.05, 3.63) is 43.8 Å². The summed E-state index contributed by atoms with van der Waals surface area (Å²) < 4.78 is 16.6.